The van der Waals surface area contributed by atoms with E-state index in [4.69, 9.17) is 4.74 Å². The molecule has 0 unspecified atom stereocenters. The monoisotopic (exact) mass is 391 g/mol. The van der Waals surface area contributed by atoms with Crippen molar-refractivity contribution in [2.45, 2.75) is 26.2 Å². The zero-order valence-electron chi connectivity index (χ0n) is 14.7. The van der Waals surface area contributed by atoms with Crippen LogP contribution in [0.25, 0.3) is 0 Å². The molecule has 0 spiro atoms. The fourth-order valence-corrected chi connectivity index (χ4v) is 3.99. The van der Waals surface area contributed by atoms with E-state index >= 15 is 0 Å². The minimum Gasteiger partial charge on any atom is -0.494 e. The molecule has 0 saturated heterocycles. The Bertz CT molecular complexity index is 1020. The number of Topliss-reactive ketones (excluding diaryl/α,β-unsaturated/α-hetero) is 2. The highest BCUT2D eigenvalue weighted by Gasteiger charge is 2.34. The smallest absolute Gasteiger partial charge is 0.296 e. The Morgan fingerprint density at radius 3 is 2.70 bits per heavy atom. The Kier molecular flexibility index (Phi) is 4.83. The topological polar surface area (TPSA) is 131 Å². The van der Waals surface area contributed by atoms with Crippen molar-refractivity contribution < 1.29 is 27.5 Å². The fourth-order valence-electron chi connectivity index (χ4n) is 2.89. The van der Waals surface area contributed by atoms with Crippen molar-refractivity contribution in [2.24, 2.45) is 4.99 Å². The van der Waals surface area contributed by atoms with Crippen LogP contribution in [-0.2, 0) is 26.0 Å². The molecule has 2 aliphatic heterocycles. The lowest BCUT2D eigenvalue weighted by molar-refractivity contribution is -0.117. The summed E-state index contributed by atoms with van der Waals surface area (Å²) in [6.45, 7) is 1.41. The Morgan fingerprint density at radius 2 is 2.11 bits per heavy atom. The molecular weight excluding hydrogens is 374 g/mol. The molecule has 0 atom stereocenters. The van der Waals surface area contributed by atoms with E-state index in [1.807, 2.05) is 0 Å². The number of ketones is 2. The van der Waals surface area contributed by atoms with Crippen molar-refractivity contribution in [3.8, 4) is 5.75 Å². The van der Waals surface area contributed by atoms with E-state index in [9.17, 15) is 22.8 Å². The third kappa shape index (κ3) is 3.47. The van der Waals surface area contributed by atoms with Crippen molar-refractivity contribution in [3.63, 3.8) is 0 Å². The molecule has 2 aliphatic rings. The number of nitrogens with zero attached hydrogens (tertiary/aromatic N) is 1. The number of sulfonamides is 1. The first-order chi connectivity index (χ1) is 12.7. The van der Waals surface area contributed by atoms with Crippen LogP contribution < -0.4 is 14.8 Å². The predicted octanol–water partition coefficient (Wildman–Crippen LogP) is 1.41. The first kappa shape index (κ1) is 18.8. The molecule has 2 heterocycles. The predicted molar refractivity (Wildman–Crippen MR) is 98.7 cm³/mol. The van der Waals surface area contributed by atoms with Gasteiger partial charge in [-0.15, -0.1) is 0 Å². The lowest BCUT2D eigenvalue weighted by Crippen LogP contribution is -2.23. The molecule has 10 heteroatoms. The van der Waals surface area contributed by atoms with Crippen LogP contribution in [0.3, 0.4) is 0 Å². The maximum atomic E-state index is 12.6. The normalized spacial score (nSPS) is 15.4. The number of aliphatic imine (C=N–C) groups is 1. The Labute approximate surface area is 155 Å². The minimum absolute atomic E-state index is 0.00705. The highest BCUT2D eigenvalue weighted by molar-refractivity contribution is 8.07. The molecule has 0 radical (unpaired) electrons. The van der Waals surface area contributed by atoms with E-state index in [1.54, 1.807) is 6.08 Å². The number of anilines is 2. The first-order valence-electron chi connectivity index (χ1n) is 8.08. The number of allylic oxidation sites excluding steroid dienone is 1. The van der Waals surface area contributed by atoms with Crippen LogP contribution in [-0.4, -0.2) is 38.0 Å². The van der Waals surface area contributed by atoms with Crippen molar-refractivity contribution in [1.29, 1.82) is 0 Å². The molecule has 27 heavy (non-hydrogen) atoms. The van der Waals surface area contributed by atoms with E-state index in [-0.39, 0.29) is 52.8 Å². The van der Waals surface area contributed by atoms with Gasteiger partial charge in [0.25, 0.3) is 21.7 Å². The van der Waals surface area contributed by atoms with Crippen LogP contribution in [0.1, 0.15) is 35.7 Å². The summed E-state index contributed by atoms with van der Waals surface area (Å²) in [6, 6.07) is 1.29. The van der Waals surface area contributed by atoms with E-state index in [1.165, 1.54) is 26.3 Å². The van der Waals surface area contributed by atoms with Gasteiger partial charge in [-0.25, -0.2) is 4.99 Å². The summed E-state index contributed by atoms with van der Waals surface area (Å²) in [7, 11) is -2.63. The van der Waals surface area contributed by atoms with Crippen LogP contribution >= 0.6 is 0 Å². The number of hydrogen-bond donors (Lipinski definition) is 2. The Morgan fingerprint density at radius 1 is 1.37 bits per heavy atom. The number of hydrogen-bond acceptors (Lipinski definition) is 7. The van der Waals surface area contributed by atoms with Gasteiger partial charge in [-0.1, -0.05) is 6.08 Å². The van der Waals surface area contributed by atoms with Crippen molar-refractivity contribution in [3.05, 3.63) is 29.5 Å². The maximum Gasteiger partial charge on any atom is 0.296 e. The van der Waals surface area contributed by atoms with Crippen LogP contribution in [0.2, 0.25) is 0 Å². The van der Waals surface area contributed by atoms with E-state index < -0.39 is 21.7 Å². The highest BCUT2D eigenvalue weighted by Crippen LogP contribution is 2.42. The SMILES string of the molecule is COc1c(CCC(C)=O)c(NS(=O)(=O)C2=NC=CC2)cc2c1NC(=O)C2=O. The summed E-state index contributed by atoms with van der Waals surface area (Å²) in [5, 5.41) is 2.36. The summed E-state index contributed by atoms with van der Waals surface area (Å²) >= 11 is 0. The summed E-state index contributed by atoms with van der Waals surface area (Å²) in [6.07, 6.45) is 3.44. The molecule has 0 saturated carbocycles. The second kappa shape index (κ2) is 6.95. The molecular formula is C17H17N3O6S. The number of fused-ring (bicyclic) bond motifs is 1. The molecule has 3 rings (SSSR count). The molecule has 2 N–H and O–H groups in total. The van der Waals surface area contributed by atoms with Gasteiger partial charge >= 0.3 is 0 Å². The van der Waals surface area contributed by atoms with Gasteiger partial charge in [-0.3, -0.25) is 14.3 Å². The summed E-state index contributed by atoms with van der Waals surface area (Å²) < 4.78 is 32.9. The number of ether oxygens (including phenoxy) is 1. The third-order valence-corrected chi connectivity index (χ3v) is 5.56. The van der Waals surface area contributed by atoms with Crippen molar-refractivity contribution in [1.82, 2.24) is 0 Å². The van der Waals surface area contributed by atoms with Crippen LogP contribution in [0.4, 0.5) is 11.4 Å². The fraction of sp³-hybridized carbons (Fsp3) is 0.294. The second-order valence-corrected chi connectivity index (χ2v) is 7.74. The van der Waals surface area contributed by atoms with E-state index in [2.05, 4.69) is 15.0 Å². The quantitative estimate of drug-likeness (QED) is 0.705. The van der Waals surface area contributed by atoms with Gasteiger partial charge in [-0.2, -0.15) is 8.42 Å². The van der Waals surface area contributed by atoms with E-state index in [0.29, 0.717) is 5.56 Å². The second-order valence-electron chi connectivity index (χ2n) is 6.06. The van der Waals surface area contributed by atoms with Gasteiger partial charge in [0, 0.05) is 24.6 Å². The Balaban J connectivity index is 2.12. The van der Waals surface area contributed by atoms with Gasteiger partial charge in [0.05, 0.1) is 24.0 Å². The summed E-state index contributed by atoms with van der Waals surface area (Å²) in [5.41, 5.74) is 0.629. The van der Waals surface area contributed by atoms with Crippen molar-refractivity contribution in [2.75, 3.05) is 17.1 Å². The van der Waals surface area contributed by atoms with Gasteiger partial charge in [0.1, 0.15) is 11.5 Å². The molecule has 9 nitrogen and oxygen atoms in total. The number of benzene rings is 1. The van der Waals surface area contributed by atoms with Gasteiger partial charge in [0.2, 0.25) is 0 Å². The van der Waals surface area contributed by atoms with Gasteiger partial charge in [0.15, 0.2) is 5.04 Å². The number of carbonyl (C=O) groups excluding carboxylic acids is 3. The molecule has 0 fully saturated rings. The lowest BCUT2D eigenvalue weighted by Gasteiger charge is -2.18. The standard InChI is InChI=1S/C17H17N3O6S/c1-9(21)5-6-10-12(20-27(24,25)13-4-3-7-18-13)8-11-14(16(10)26-2)19-17(23)15(11)22/h3,7-8,20H,4-6H2,1-2H3,(H,19,22,23). The number of methoxy groups -OCH3 is 1. The third-order valence-electron chi connectivity index (χ3n) is 4.18. The van der Waals surface area contributed by atoms with Crippen LogP contribution in [0.15, 0.2) is 23.3 Å². The molecule has 142 valence electrons. The molecule has 0 bridgehead atoms. The summed E-state index contributed by atoms with van der Waals surface area (Å²) in [5.74, 6) is -1.57. The molecule has 1 aromatic carbocycles. The number of nitrogens with one attached hydrogen (secondary N) is 2. The molecule has 0 aromatic heterocycles. The zero-order chi connectivity index (χ0) is 19.8. The number of amides is 1. The van der Waals surface area contributed by atoms with Crippen LogP contribution in [0.5, 0.6) is 5.75 Å². The molecule has 0 aliphatic carbocycles. The van der Waals surface area contributed by atoms with E-state index in [0.717, 1.165) is 0 Å². The average Bonchev–Trinajstić information content (AvgIpc) is 3.23. The van der Waals surface area contributed by atoms with Gasteiger partial charge < -0.3 is 14.8 Å². The average molecular weight is 391 g/mol. The largest absolute Gasteiger partial charge is 0.494 e. The Hall–Kier alpha value is -3.01. The van der Waals surface area contributed by atoms with Gasteiger partial charge in [-0.05, 0) is 19.4 Å². The summed E-state index contributed by atoms with van der Waals surface area (Å²) in [4.78, 5) is 39.1. The number of rotatable bonds is 6. The number of carbonyl (C=O) groups is 3. The van der Waals surface area contributed by atoms with Crippen LogP contribution in [0, 0.1) is 0 Å². The maximum absolute atomic E-state index is 12.6. The highest BCUT2D eigenvalue weighted by atomic mass is 32.2. The zero-order valence-corrected chi connectivity index (χ0v) is 15.5. The molecule has 1 amide bonds. The lowest BCUT2D eigenvalue weighted by atomic mass is 10.00. The van der Waals surface area contributed by atoms with Crippen molar-refractivity contribution >= 4 is 43.9 Å². The minimum atomic E-state index is -3.97. The first-order valence-corrected chi connectivity index (χ1v) is 9.56. The molecule has 1 aromatic rings.